The predicted octanol–water partition coefficient (Wildman–Crippen LogP) is 3.37. The highest BCUT2D eigenvalue weighted by molar-refractivity contribution is 9.10. The van der Waals surface area contributed by atoms with E-state index < -0.39 is 0 Å². The van der Waals surface area contributed by atoms with Crippen LogP contribution >= 0.6 is 15.9 Å². The Hall–Kier alpha value is -1.69. The maximum Gasteiger partial charge on any atom is 0.274 e. The van der Waals surface area contributed by atoms with Gasteiger partial charge in [0.1, 0.15) is 11.5 Å². The molecule has 0 aliphatic rings. The summed E-state index contributed by atoms with van der Waals surface area (Å²) in [5, 5.41) is 0. The van der Waals surface area contributed by atoms with Gasteiger partial charge in [0.15, 0.2) is 0 Å². The highest BCUT2D eigenvalue weighted by Crippen LogP contribution is 2.19. The van der Waals surface area contributed by atoms with Crippen molar-refractivity contribution in [2.75, 3.05) is 0 Å². The molecule has 21 heavy (non-hydrogen) atoms. The molecule has 6 heteroatoms. The SMILES string of the molecule is CC(C)N(Cc1ccc(F)c(Br)c1)C(=O)c1cn(C)cn1. The van der Waals surface area contributed by atoms with Crippen molar-refractivity contribution in [1.82, 2.24) is 14.5 Å². The Morgan fingerprint density at radius 2 is 2.19 bits per heavy atom. The fraction of sp³-hybridized carbons (Fsp3) is 0.333. The van der Waals surface area contributed by atoms with Crippen molar-refractivity contribution in [3.05, 3.63) is 52.3 Å². The molecule has 0 unspecified atom stereocenters. The van der Waals surface area contributed by atoms with Gasteiger partial charge < -0.3 is 9.47 Å². The van der Waals surface area contributed by atoms with Gasteiger partial charge >= 0.3 is 0 Å². The summed E-state index contributed by atoms with van der Waals surface area (Å²) in [6, 6.07) is 4.78. The summed E-state index contributed by atoms with van der Waals surface area (Å²) in [6.45, 7) is 4.30. The van der Waals surface area contributed by atoms with Gasteiger partial charge in [-0.2, -0.15) is 0 Å². The third-order valence-electron chi connectivity index (χ3n) is 3.15. The van der Waals surface area contributed by atoms with Crippen LogP contribution in [-0.4, -0.2) is 26.4 Å². The molecular weight excluding hydrogens is 337 g/mol. The Labute approximate surface area is 131 Å². The number of benzene rings is 1. The van der Waals surface area contributed by atoms with Crippen LogP contribution in [-0.2, 0) is 13.6 Å². The molecule has 0 bridgehead atoms. The molecule has 1 heterocycles. The fourth-order valence-corrected chi connectivity index (χ4v) is 2.42. The molecule has 0 aliphatic heterocycles. The van der Waals surface area contributed by atoms with E-state index in [1.54, 1.807) is 34.1 Å². The summed E-state index contributed by atoms with van der Waals surface area (Å²) in [6.07, 6.45) is 3.29. The van der Waals surface area contributed by atoms with Crippen LogP contribution in [0.15, 0.2) is 35.2 Å². The van der Waals surface area contributed by atoms with Gasteiger partial charge in [-0.15, -0.1) is 0 Å². The van der Waals surface area contributed by atoms with Crippen molar-refractivity contribution in [1.29, 1.82) is 0 Å². The second kappa shape index (κ2) is 6.39. The maximum absolute atomic E-state index is 13.3. The minimum atomic E-state index is -0.314. The van der Waals surface area contributed by atoms with Crippen molar-refractivity contribution in [3.8, 4) is 0 Å². The van der Waals surface area contributed by atoms with Crippen LogP contribution in [0.4, 0.5) is 4.39 Å². The zero-order chi connectivity index (χ0) is 15.6. The van der Waals surface area contributed by atoms with E-state index in [0.29, 0.717) is 16.7 Å². The number of rotatable bonds is 4. The van der Waals surface area contributed by atoms with Gasteiger partial charge in [-0.25, -0.2) is 9.37 Å². The summed E-state index contributed by atoms with van der Waals surface area (Å²) in [4.78, 5) is 18.3. The number of carbonyl (C=O) groups excluding carboxylic acids is 1. The smallest absolute Gasteiger partial charge is 0.274 e. The van der Waals surface area contributed by atoms with Crippen LogP contribution in [0.3, 0.4) is 0 Å². The molecule has 1 aromatic heterocycles. The second-order valence-electron chi connectivity index (χ2n) is 5.20. The molecule has 4 nitrogen and oxygen atoms in total. The van der Waals surface area contributed by atoms with Crippen LogP contribution in [0.25, 0.3) is 0 Å². The minimum absolute atomic E-state index is 0.0170. The molecule has 1 aromatic carbocycles. The van der Waals surface area contributed by atoms with Gasteiger partial charge in [-0.05, 0) is 47.5 Å². The predicted molar refractivity (Wildman–Crippen MR) is 82.3 cm³/mol. The molecule has 2 rings (SSSR count). The van der Waals surface area contributed by atoms with Crippen molar-refractivity contribution in [2.45, 2.75) is 26.4 Å². The molecule has 2 aromatic rings. The molecule has 112 valence electrons. The molecule has 1 amide bonds. The van der Waals surface area contributed by atoms with Crippen molar-refractivity contribution in [3.63, 3.8) is 0 Å². The molecule has 0 spiro atoms. The number of nitrogens with zero attached hydrogens (tertiary/aromatic N) is 3. The zero-order valence-corrected chi connectivity index (χ0v) is 13.8. The average molecular weight is 354 g/mol. The van der Waals surface area contributed by atoms with E-state index in [4.69, 9.17) is 0 Å². The first-order chi connectivity index (χ1) is 9.88. The van der Waals surface area contributed by atoms with E-state index in [9.17, 15) is 9.18 Å². The molecule has 0 fully saturated rings. The van der Waals surface area contributed by atoms with E-state index >= 15 is 0 Å². The summed E-state index contributed by atoms with van der Waals surface area (Å²) in [7, 11) is 1.82. The molecule has 0 radical (unpaired) electrons. The lowest BCUT2D eigenvalue weighted by Gasteiger charge is -2.26. The Morgan fingerprint density at radius 1 is 1.48 bits per heavy atom. The van der Waals surface area contributed by atoms with Crippen LogP contribution in [0, 0.1) is 5.82 Å². The Balaban J connectivity index is 2.23. The van der Waals surface area contributed by atoms with E-state index in [1.165, 1.54) is 6.07 Å². The summed E-state index contributed by atoms with van der Waals surface area (Å²) < 4.78 is 15.4. The average Bonchev–Trinajstić information content (AvgIpc) is 2.85. The second-order valence-corrected chi connectivity index (χ2v) is 6.05. The highest BCUT2D eigenvalue weighted by Gasteiger charge is 2.21. The zero-order valence-electron chi connectivity index (χ0n) is 12.2. The first kappa shape index (κ1) is 15.7. The largest absolute Gasteiger partial charge is 0.340 e. The van der Waals surface area contributed by atoms with Crippen molar-refractivity contribution >= 4 is 21.8 Å². The molecule has 0 aliphatic carbocycles. The number of imidazole rings is 1. The van der Waals surface area contributed by atoms with Crippen LogP contribution in [0.5, 0.6) is 0 Å². The monoisotopic (exact) mass is 353 g/mol. The number of carbonyl (C=O) groups is 1. The summed E-state index contributed by atoms with van der Waals surface area (Å²) in [5.41, 5.74) is 1.27. The molecular formula is C15H17BrFN3O. The first-order valence-corrected chi connectivity index (χ1v) is 7.40. The topological polar surface area (TPSA) is 38.1 Å². The number of amides is 1. The molecule has 0 atom stereocenters. The third-order valence-corrected chi connectivity index (χ3v) is 3.75. The summed E-state index contributed by atoms with van der Waals surface area (Å²) >= 11 is 3.16. The lowest BCUT2D eigenvalue weighted by molar-refractivity contribution is 0.0684. The van der Waals surface area contributed by atoms with Gasteiger partial charge in [0.25, 0.3) is 5.91 Å². The van der Waals surface area contributed by atoms with Gasteiger partial charge in [-0.1, -0.05) is 6.07 Å². The number of hydrogen-bond donors (Lipinski definition) is 0. The third kappa shape index (κ3) is 3.69. The summed E-state index contributed by atoms with van der Waals surface area (Å²) in [5.74, 6) is -0.447. The maximum atomic E-state index is 13.3. The van der Waals surface area contributed by atoms with Crippen molar-refractivity contribution < 1.29 is 9.18 Å². The van der Waals surface area contributed by atoms with Gasteiger partial charge in [0.05, 0.1) is 10.8 Å². The normalized spacial score (nSPS) is 11.0. The van der Waals surface area contributed by atoms with Crippen LogP contribution < -0.4 is 0 Å². The number of halogens is 2. The van der Waals surface area contributed by atoms with Crippen LogP contribution in [0.1, 0.15) is 29.9 Å². The standard InChI is InChI=1S/C15H17BrFN3O/c1-10(2)20(15(21)14-8-19(3)9-18-14)7-11-4-5-13(17)12(16)6-11/h4-6,8-10H,7H2,1-3H3. The number of aryl methyl sites for hydroxylation is 1. The molecule has 0 saturated heterocycles. The molecule has 0 saturated carbocycles. The number of hydrogen-bond acceptors (Lipinski definition) is 2. The van der Waals surface area contributed by atoms with Crippen molar-refractivity contribution in [2.24, 2.45) is 7.05 Å². The fourth-order valence-electron chi connectivity index (χ4n) is 1.99. The quantitative estimate of drug-likeness (QED) is 0.844. The van der Waals surface area contributed by atoms with Gasteiger partial charge in [0.2, 0.25) is 0 Å². The Kier molecular flexibility index (Phi) is 4.77. The van der Waals surface area contributed by atoms with E-state index in [0.717, 1.165) is 5.56 Å². The highest BCUT2D eigenvalue weighted by atomic mass is 79.9. The minimum Gasteiger partial charge on any atom is -0.340 e. The first-order valence-electron chi connectivity index (χ1n) is 6.61. The Bertz CT molecular complexity index is 654. The Morgan fingerprint density at radius 3 is 2.71 bits per heavy atom. The molecule has 0 N–H and O–H groups in total. The lowest BCUT2D eigenvalue weighted by Crippen LogP contribution is -2.36. The van der Waals surface area contributed by atoms with Gasteiger partial charge in [-0.3, -0.25) is 4.79 Å². The van der Waals surface area contributed by atoms with E-state index in [1.807, 2.05) is 20.9 Å². The van der Waals surface area contributed by atoms with Gasteiger partial charge in [0, 0.05) is 25.8 Å². The van der Waals surface area contributed by atoms with E-state index in [2.05, 4.69) is 20.9 Å². The van der Waals surface area contributed by atoms with E-state index in [-0.39, 0.29) is 17.8 Å². The number of aromatic nitrogens is 2. The lowest BCUT2D eigenvalue weighted by atomic mass is 10.1. The van der Waals surface area contributed by atoms with Crippen LogP contribution in [0.2, 0.25) is 0 Å².